The van der Waals surface area contributed by atoms with Crippen molar-refractivity contribution in [1.82, 2.24) is 20.4 Å². The maximum Gasteiger partial charge on any atom is 0.254 e. The van der Waals surface area contributed by atoms with Crippen molar-refractivity contribution in [2.75, 3.05) is 13.7 Å². The standard InChI is InChI=1S/C25H28N4O5S/c1-14(2)22(20-10-21(33-4)28-34-20)25(32)29-12-18(30)9-19(29)24(31)26-11-16-5-7-17(8-6-16)23-15(3)27-13-35-23/h5-8,10,13,18-19,22,30H,1,9,11-12H2,2-4H3,(H,26,31)/t18-,19+,22?/m1/s1. The number of β-amino-alcohol motifs (C(OH)–C–C–N with tert-alkyl or cyclic N) is 1. The molecule has 3 heterocycles. The van der Waals surface area contributed by atoms with Crippen LogP contribution < -0.4 is 10.1 Å². The van der Waals surface area contributed by atoms with Crippen molar-refractivity contribution in [3.8, 4) is 16.3 Å². The van der Waals surface area contributed by atoms with Gasteiger partial charge in [0.15, 0.2) is 5.76 Å². The number of hydrogen-bond donors (Lipinski definition) is 2. The fraction of sp³-hybridized carbons (Fsp3) is 0.360. The first-order valence-electron chi connectivity index (χ1n) is 11.2. The minimum atomic E-state index is -0.838. The Hall–Kier alpha value is -3.50. The van der Waals surface area contributed by atoms with Gasteiger partial charge in [0, 0.05) is 25.6 Å². The first kappa shape index (κ1) is 24.6. The van der Waals surface area contributed by atoms with E-state index in [9.17, 15) is 14.7 Å². The average Bonchev–Trinajstić information content (AvgIpc) is 3.57. The fourth-order valence-electron chi connectivity index (χ4n) is 4.21. The SMILES string of the molecule is C=C(C)C(C(=O)N1C[C@H](O)C[C@H]1C(=O)NCc1ccc(-c2scnc2C)cc1)c1cc(OC)no1. The first-order valence-corrected chi connectivity index (χ1v) is 12.1. The molecule has 3 aromatic rings. The molecule has 10 heteroatoms. The lowest BCUT2D eigenvalue weighted by Gasteiger charge is -2.27. The molecule has 0 spiro atoms. The van der Waals surface area contributed by atoms with Crippen LogP contribution in [0.3, 0.4) is 0 Å². The van der Waals surface area contributed by atoms with Crippen molar-refractivity contribution < 1.29 is 24.0 Å². The van der Waals surface area contributed by atoms with Crippen molar-refractivity contribution in [2.24, 2.45) is 0 Å². The minimum absolute atomic E-state index is 0.0505. The number of carbonyl (C=O) groups is 2. The van der Waals surface area contributed by atoms with Crippen molar-refractivity contribution in [3.63, 3.8) is 0 Å². The third kappa shape index (κ3) is 5.28. The molecule has 35 heavy (non-hydrogen) atoms. The van der Waals surface area contributed by atoms with E-state index in [4.69, 9.17) is 9.26 Å². The summed E-state index contributed by atoms with van der Waals surface area (Å²) in [5.41, 5.74) is 5.34. The monoisotopic (exact) mass is 496 g/mol. The van der Waals surface area contributed by atoms with Crippen LogP contribution in [0.5, 0.6) is 5.88 Å². The second kappa shape index (κ2) is 10.4. The zero-order valence-electron chi connectivity index (χ0n) is 19.9. The Morgan fingerprint density at radius 1 is 1.37 bits per heavy atom. The van der Waals surface area contributed by atoms with Crippen LogP contribution in [0.4, 0.5) is 0 Å². The number of thiazole rings is 1. The quantitative estimate of drug-likeness (QED) is 0.460. The lowest BCUT2D eigenvalue weighted by molar-refractivity contribution is -0.139. The zero-order chi connectivity index (χ0) is 25.1. The number of nitrogens with zero attached hydrogens (tertiary/aromatic N) is 3. The predicted octanol–water partition coefficient (Wildman–Crippen LogP) is 3.05. The summed E-state index contributed by atoms with van der Waals surface area (Å²) in [6, 6.07) is 8.63. The molecule has 184 valence electrons. The molecule has 3 atom stereocenters. The maximum atomic E-state index is 13.4. The lowest BCUT2D eigenvalue weighted by atomic mass is 9.96. The molecule has 1 aliphatic heterocycles. The van der Waals surface area contributed by atoms with Crippen LogP contribution in [-0.4, -0.2) is 57.8 Å². The first-order chi connectivity index (χ1) is 16.8. The third-order valence-corrected chi connectivity index (χ3v) is 7.01. The fourth-order valence-corrected chi connectivity index (χ4v) is 5.02. The van der Waals surface area contributed by atoms with Crippen molar-refractivity contribution in [1.29, 1.82) is 0 Å². The van der Waals surface area contributed by atoms with E-state index in [1.165, 1.54) is 18.1 Å². The smallest absolute Gasteiger partial charge is 0.254 e. The highest BCUT2D eigenvalue weighted by Gasteiger charge is 2.42. The van der Waals surface area contributed by atoms with Gasteiger partial charge in [0.2, 0.25) is 11.8 Å². The molecule has 0 aliphatic carbocycles. The molecule has 0 saturated carbocycles. The Kier molecular flexibility index (Phi) is 7.32. The Morgan fingerprint density at radius 2 is 2.11 bits per heavy atom. The Labute approximate surface area is 207 Å². The van der Waals surface area contributed by atoms with Gasteiger partial charge in [0.25, 0.3) is 5.88 Å². The van der Waals surface area contributed by atoms with Crippen LogP contribution in [-0.2, 0) is 16.1 Å². The summed E-state index contributed by atoms with van der Waals surface area (Å²) in [5.74, 6) is -1.03. The number of methoxy groups -OCH3 is 1. The Morgan fingerprint density at radius 3 is 2.71 bits per heavy atom. The second-order valence-corrected chi connectivity index (χ2v) is 9.48. The van der Waals surface area contributed by atoms with Crippen molar-refractivity contribution in [2.45, 2.75) is 44.9 Å². The highest BCUT2D eigenvalue weighted by molar-refractivity contribution is 7.13. The summed E-state index contributed by atoms with van der Waals surface area (Å²) >= 11 is 1.59. The number of ether oxygens (including phenoxy) is 1. The number of aryl methyl sites for hydroxylation is 1. The zero-order valence-corrected chi connectivity index (χ0v) is 20.7. The average molecular weight is 497 g/mol. The number of aliphatic hydroxyl groups is 1. The van der Waals surface area contributed by atoms with Crippen LogP contribution in [0, 0.1) is 6.92 Å². The molecule has 1 unspecified atom stereocenters. The molecular formula is C25H28N4O5S. The van der Waals surface area contributed by atoms with E-state index < -0.39 is 18.1 Å². The largest absolute Gasteiger partial charge is 0.479 e. The maximum absolute atomic E-state index is 13.4. The van der Waals surface area contributed by atoms with Crippen molar-refractivity contribution in [3.05, 3.63) is 65.0 Å². The molecule has 0 bridgehead atoms. The van der Waals surface area contributed by atoms with Gasteiger partial charge in [0.1, 0.15) is 12.0 Å². The minimum Gasteiger partial charge on any atom is -0.479 e. The van der Waals surface area contributed by atoms with Gasteiger partial charge in [-0.15, -0.1) is 11.3 Å². The van der Waals surface area contributed by atoms with Crippen LogP contribution in [0.15, 0.2) is 52.5 Å². The number of carbonyl (C=O) groups excluding carboxylic acids is 2. The molecule has 9 nitrogen and oxygen atoms in total. The van der Waals surface area contributed by atoms with E-state index in [0.717, 1.165) is 21.7 Å². The van der Waals surface area contributed by atoms with E-state index in [2.05, 4.69) is 22.0 Å². The van der Waals surface area contributed by atoms with E-state index in [1.54, 1.807) is 18.3 Å². The van der Waals surface area contributed by atoms with E-state index in [-0.39, 0.29) is 36.4 Å². The lowest BCUT2D eigenvalue weighted by Crippen LogP contribution is -2.47. The van der Waals surface area contributed by atoms with Crippen LogP contribution in [0.2, 0.25) is 0 Å². The third-order valence-electron chi connectivity index (χ3n) is 6.03. The van der Waals surface area contributed by atoms with Gasteiger partial charge in [-0.25, -0.2) is 4.98 Å². The van der Waals surface area contributed by atoms with Crippen LogP contribution >= 0.6 is 11.3 Å². The summed E-state index contributed by atoms with van der Waals surface area (Å²) in [4.78, 5) is 33.3. The van der Waals surface area contributed by atoms with Gasteiger partial charge in [-0.1, -0.05) is 36.4 Å². The molecule has 2 N–H and O–H groups in total. The summed E-state index contributed by atoms with van der Waals surface area (Å²) in [6.45, 7) is 7.95. The summed E-state index contributed by atoms with van der Waals surface area (Å²) in [6.07, 6.45) is -0.643. The van der Waals surface area contributed by atoms with Gasteiger partial charge < -0.3 is 24.6 Å². The predicted molar refractivity (Wildman–Crippen MR) is 131 cm³/mol. The number of benzene rings is 1. The second-order valence-electron chi connectivity index (χ2n) is 8.63. The highest BCUT2D eigenvalue weighted by Crippen LogP contribution is 2.31. The molecule has 1 aromatic carbocycles. The Balaban J connectivity index is 1.44. The van der Waals surface area contributed by atoms with E-state index >= 15 is 0 Å². The van der Waals surface area contributed by atoms with E-state index in [1.807, 2.05) is 36.7 Å². The van der Waals surface area contributed by atoms with Crippen molar-refractivity contribution >= 4 is 23.2 Å². The van der Waals surface area contributed by atoms with Gasteiger partial charge >= 0.3 is 0 Å². The number of likely N-dealkylation sites (tertiary alicyclic amines) is 1. The van der Waals surface area contributed by atoms with Crippen LogP contribution in [0.1, 0.15) is 36.3 Å². The summed E-state index contributed by atoms with van der Waals surface area (Å²) in [7, 11) is 1.45. The molecule has 2 amide bonds. The summed E-state index contributed by atoms with van der Waals surface area (Å²) < 4.78 is 10.3. The van der Waals surface area contributed by atoms with Gasteiger partial charge in [0.05, 0.1) is 29.3 Å². The van der Waals surface area contributed by atoms with E-state index in [0.29, 0.717) is 12.1 Å². The van der Waals surface area contributed by atoms with Gasteiger partial charge in [-0.05, 0) is 30.1 Å². The number of rotatable bonds is 8. The summed E-state index contributed by atoms with van der Waals surface area (Å²) in [5, 5.41) is 16.9. The molecule has 1 aliphatic rings. The molecule has 2 aromatic heterocycles. The number of hydrogen-bond acceptors (Lipinski definition) is 8. The number of nitrogens with one attached hydrogen (secondary N) is 1. The molecule has 0 radical (unpaired) electrons. The van der Waals surface area contributed by atoms with Gasteiger partial charge in [-0.3, -0.25) is 9.59 Å². The number of amides is 2. The van der Waals surface area contributed by atoms with Gasteiger partial charge in [-0.2, -0.15) is 0 Å². The highest BCUT2D eigenvalue weighted by atomic mass is 32.1. The number of aliphatic hydroxyl groups excluding tert-OH is 1. The topological polar surface area (TPSA) is 118 Å². The molecule has 1 saturated heterocycles. The molecule has 1 fully saturated rings. The normalized spacial score (nSPS) is 18.3. The number of aromatic nitrogens is 2. The van der Waals surface area contributed by atoms with Crippen LogP contribution in [0.25, 0.3) is 10.4 Å². The Bertz CT molecular complexity index is 1220. The molecular weight excluding hydrogens is 468 g/mol. The molecule has 4 rings (SSSR count).